The summed E-state index contributed by atoms with van der Waals surface area (Å²) >= 11 is 0. The normalized spacial score (nSPS) is 15.9. The lowest BCUT2D eigenvalue weighted by atomic mass is 9.92. The highest BCUT2D eigenvalue weighted by molar-refractivity contribution is 6.00. The molecule has 1 fully saturated rings. The molecule has 4 nitrogen and oxygen atoms in total. The van der Waals surface area contributed by atoms with E-state index in [2.05, 4.69) is 5.32 Å². The van der Waals surface area contributed by atoms with E-state index >= 15 is 0 Å². The van der Waals surface area contributed by atoms with Gasteiger partial charge in [0.05, 0.1) is 12.1 Å². The maximum atomic E-state index is 12.8. The van der Waals surface area contributed by atoms with Crippen LogP contribution in [-0.4, -0.2) is 42.9 Å². The van der Waals surface area contributed by atoms with E-state index in [4.69, 9.17) is 4.74 Å². The van der Waals surface area contributed by atoms with Gasteiger partial charge >= 0.3 is 6.18 Å². The first-order valence-electron chi connectivity index (χ1n) is 10.8. The fourth-order valence-electron chi connectivity index (χ4n) is 4.00. The number of ether oxygens (including phenoxy) is 1. The van der Waals surface area contributed by atoms with Crippen molar-refractivity contribution in [2.45, 2.75) is 25.6 Å². The number of hydrogen-bond donors (Lipinski definition) is 1. The fraction of sp³-hybridized carbons (Fsp3) is 0.320. The van der Waals surface area contributed by atoms with Gasteiger partial charge in [0.15, 0.2) is 0 Å². The predicted octanol–water partition coefficient (Wildman–Crippen LogP) is 5.97. The fourth-order valence-corrected chi connectivity index (χ4v) is 4.00. The van der Waals surface area contributed by atoms with E-state index < -0.39 is 18.2 Å². The summed E-state index contributed by atoms with van der Waals surface area (Å²) in [5, 5.41) is 4.37. The zero-order valence-electron chi connectivity index (χ0n) is 18.3. The van der Waals surface area contributed by atoms with E-state index in [-0.39, 0.29) is 30.2 Å². The molecule has 0 bridgehead atoms. The number of carbonyl (C=O) groups excluding carboxylic acids is 1. The van der Waals surface area contributed by atoms with Crippen LogP contribution in [0.15, 0.2) is 60.7 Å². The highest BCUT2D eigenvalue weighted by atomic mass is 19.4. The number of nitrogens with one attached hydrogen (secondary N) is 1. The molecule has 0 saturated carbocycles. The largest absolute Gasteiger partial charge is 0.457 e. The number of likely N-dealkylation sites (tertiary alicyclic amines) is 1. The van der Waals surface area contributed by atoms with Crippen LogP contribution in [0.5, 0.6) is 11.5 Å². The molecule has 1 atom stereocenters. The van der Waals surface area contributed by atoms with Crippen LogP contribution < -0.4 is 10.1 Å². The van der Waals surface area contributed by atoms with Gasteiger partial charge in [-0.2, -0.15) is 13.2 Å². The summed E-state index contributed by atoms with van der Waals surface area (Å²) in [5.74, 6) is 0.561. The molecule has 1 aliphatic rings. The first-order valence-corrected chi connectivity index (χ1v) is 10.8. The van der Waals surface area contributed by atoms with E-state index in [0.717, 1.165) is 17.5 Å². The molecule has 1 saturated heterocycles. The quantitative estimate of drug-likeness (QED) is 0.426. The highest BCUT2D eigenvalue weighted by Crippen LogP contribution is 2.34. The van der Waals surface area contributed by atoms with Crippen molar-refractivity contribution in [3.05, 3.63) is 71.8 Å². The zero-order chi connectivity index (χ0) is 24.5. The van der Waals surface area contributed by atoms with Crippen molar-refractivity contribution >= 4 is 16.7 Å². The standard InChI is InChI=1S/C25H23F5N2O2/c1-15(18-12-32(13-18)14-23(26)27)31-24(33)17-5-10-21-16(11-17)3-2-4-22(21)34-20-8-6-19(7-9-20)25(28,29)30/h2-11,15,18,23H,12-14H2,1H3,(H,31,33)/t15-/m0/s1. The monoisotopic (exact) mass is 478 g/mol. The van der Waals surface area contributed by atoms with Crippen molar-refractivity contribution in [3.63, 3.8) is 0 Å². The molecular weight excluding hydrogens is 455 g/mol. The number of rotatable bonds is 7. The third-order valence-corrected chi connectivity index (χ3v) is 5.96. The molecule has 1 N–H and O–H groups in total. The number of carbonyl (C=O) groups is 1. The van der Waals surface area contributed by atoms with Gasteiger partial charge < -0.3 is 10.1 Å². The number of alkyl halides is 5. The first kappa shape index (κ1) is 23.9. The van der Waals surface area contributed by atoms with Crippen LogP contribution in [0.3, 0.4) is 0 Å². The van der Waals surface area contributed by atoms with E-state index in [1.54, 1.807) is 35.2 Å². The van der Waals surface area contributed by atoms with Gasteiger partial charge in [0.25, 0.3) is 12.3 Å². The molecular formula is C25H23F5N2O2. The van der Waals surface area contributed by atoms with Crippen LogP contribution in [0.4, 0.5) is 22.0 Å². The molecule has 4 rings (SSSR count). The van der Waals surface area contributed by atoms with E-state index in [1.807, 2.05) is 13.0 Å². The SMILES string of the molecule is C[C@H](NC(=O)c1ccc2c(Oc3ccc(C(F)(F)F)cc3)cccc2c1)C1CN(CC(F)F)C1. The van der Waals surface area contributed by atoms with Crippen molar-refractivity contribution in [2.75, 3.05) is 19.6 Å². The molecule has 1 aliphatic heterocycles. The Morgan fingerprint density at radius 1 is 1.09 bits per heavy atom. The van der Waals surface area contributed by atoms with Gasteiger partial charge in [-0.15, -0.1) is 0 Å². The van der Waals surface area contributed by atoms with Gasteiger partial charge in [0, 0.05) is 36.0 Å². The molecule has 0 spiro atoms. The lowest BCUT2D eigenvalue weighted by Crippen LogP contribution is -2.56. The van der Waals surface area contributed by atoms with Gasteiger partial charge in [0.1, 0.15) is 11.5 Å². The average Bonchev–Trinajstić information content (AvgIpc) is 2.75. The summed E-state index contributed by atoms with van der Waals surface area (Å²) in [5.41, 5.74) is -0.318. The van der Waals surface area contributed by atoms with E-state index in [0.29, 0.717) is 29.8 Å². The minimum atomic E-state index is -4.42. The molecule has 1 amide bonds. The first-order chi connectivity index (χ1) is 16.1. The second-order valence-corrected chi connectivity index (χ2v) is 8.45. The summed E-state index contributed by atoms with van der Waals surface area (Å²) in [6.07, 6.45) is -6.78. The van der Waals surface area contributed by atoms with Crippen molar-refractivity contribution < 1.29 is 31.5 Å². The molecule has 0 aliphatic carbocycles. The lowest BCUT2D eigenvalue weighted by Gasteiger charge is -2.42. The molecule has 9 heteroatoms. The van der Waals surface area contributed by atoms with E-state index in [9.17, 15) is 26.7 Å². The summed E-state index contributed by atoms with van der Waals surface area (Å²) in [6, 6.07) is 14.6. The Balaban J connectivity index is 1.43. The predicted molar refractivity (Wildman–Crippen MR) is 118 cm³/mol. The van der Waals surface area contributed by atoms with Crippen molar-refractivity contribution in [1.29, 1.82) is 0 Å². The van der Waals surface area contributed by atoms with Gasteiger partial charge in [-0.25, -0.2) is 8.78 Å². The summed E-state index contributed by atoms with van der Waals surface area (Å²) in [7, 11) is 0. The average molecular weight is 478 g/mol. The Bertz CT molecular complexity index is 1160. The van der Waals surface area contributed by atoms with Gasteiger partial charge in [-0.1, -0.05) is 12.1 Å². The smallest absolute Gasteiger partial charge is 0.416 e. The minimum Gasteiger partial charge on any atom is -0.457 e. The van der Waals surface area contributed by atoms with Crippen LogP contribution in [0.2, 0.25) is 0 Å². The molecule has 0 aromatic heterocycles. The van der Waals surface area contributed by atoms with Crippen LogP contribution in [-0.2, 0) is 6.18 Å². The number of halogens is 5. The van der Waals surface area contributed by atoms with Crippen LogP contribution in [0.1, 0.15) is 22.8 Å². The van der Waals surface area contributed by atoms with Gasteiger partial charge in [0.2, 0.25) is 0 Å². The molecule has 180 valence electrons. The zero-order valence-corrected chi connectivity index (χ0v) is 18.3. The summed E-state index contributed by atoms with van der Waals surface area (Å²) < 4.78 is 69.0. The molecule has 0 unspecified atom stereocenters. The van der Waals surface area contributed by atoms with Crippen molar-refractivity contribution in [1.82, 2.24) is 10.2 Å². The van der Waals surface area contributed by atoms with Crippen LogP contribution in [0, 0.1) is 5.92 Å². The molecule has 1 heterocycles. The number of hydrogen-bond acceptors (Lipinski definition) is 3. The second-order valence-electron chi connectivity index (χ2n) is 8.45. The Kier molecular flexibility index (Phi) is 6.74. The van der Waals surface area contributed by atoms with Crippen molar-refractivity contribution in [3.8, 4) is 11.5 Å². The third kappa shape index (κ3) is 5.47. The lowest BCUT2D eigenvalue weighted by molar-refractivity contribution is -0.137. The molecule has 3 aromatic carbocycles. The molecule has 3 aromatic rings. The van der Waals surface area contributed by atoms with Gasteiger partial charge in [-0.05, 0) is 60.8 Å². The Labute approximate surface area is 193 Å². The molecule has 0 radical (unpaired) electrons. The number of fused-ring (bicyclic) bond motifs is 1. The Hall–Kier alpha value is -3.20. The topological polar surface area (TPSA) is 41.6 Å². The number of amides is 1. The maximum Gasteiger partial charge on any atom is 0.416 e. The maximum absolute atomic E-state index is 12.8. The Morgan fingerprint density at radius 3 is 2.44 bits per heavy atom. The van der Waals surface area contributed by atoms with Crippen molar-refractivity contribution in [2.24, 2.45) is 5.92 Å². The summed E-state index contributed by atoms with van der Waals surface area (Å²) in [6.45, 7) is 2.65. The van der Waals surface area contributed by atoms with Gasteiger partial charge in [-0.3, -0.25) is 9.69 Å². The van der Waals surface area contributed by atoms with Crippen LogP contribution >= 0.6 is 0 Å². The number of nitrogens with zero attached hydrogens (tertiary/aromatic N) is 1. The number of benzene rings is 3. The summed E-state index contributed by atoms with van der Waals surface area (Å²) in [4.78, 5) is 14.4. The second kappa shape index (κ2) is 9.58. The molecule has 34 heavy (non-hydrogen) atoms. The van der Waals surface area contributed by atoms with Crippen LogP contribution in [0.25, 0.3) is 10.8 Å². The third-order valence-electron chi connectivity index (χ3n) is 5.96. The van der Waals surface area contributed by atoms with E-state index in [1.165, 1.54) is 12.1 Å². The highest BCUT2D eigenvalue weighted by Gasteiger charge is 2.33. The Morgan fingerprint density at radius 2 is 1.79 bits per heavy atom. The minimum absolute atomic E-state index is 0.117.